The molecule has 0 aliphatic carbocycles. The zero-order chi connectivity index (χ0) is 13.1. The van der Waals surface area contributed by atoms with Crippen LogP contribution in [0.15, 0.2) is 42.1 Å². The largest absolute Gasteiger partial charge is 0.273 e. The minimum Gasteiger partial charge on any atom is -0.273 e. The Kier molecular flexibility index (Phi) is 4.24. The summed E-state index contributed by atoms with van der Waals surface area (Å²) in [6.45, 7) is 5.51. The summed E-state index contributed by atoms with van der Waals surface area (Å²) in [7, 11) is 0. The molecule has 2 rings (SSSR count). The molecular formula is C13H13BrN2OS. The highest BCUT2D eigenvalue weighted by Crippen LogP contribution is 2.25. The highest BCUT2D eigenvalue weighted by Gasteiger charge is 2.19. The number of nitrogens with zero attached hydrogens (tertiary/aromatic N) is 2. The number of halogens is 1. The van der Waals surface area contributed by atoms with Crippen molar-refractivity contribution in [2.45, 2.75) is 16.9 Å². The summed E-state index contributed by atoms with van der Waals surface area (Å²) in [4.78, 5) is 16.5. The number of imidazole rings is 1. The maximum atomic E-state index is 12.2. The van der Waals surface area contributed by atoms with E-state index in [4.69, 9.17) is 0 Å². The Balaban J connectivity index is 2.57. The predicted molar refractivity (Wildman–Crippen MR) is 79.7 cm³/mol. The smallest absolute Gasteiger partial charge is 0.246 e. The van der Waals surface area contributed by atoms with Gasteiger partial charge in [0.15, 0.2) is 5.16 Å². The number of alkyl halides is 1. The van der Waals surface area contributed by atoms with Gasteiger partial charge in [-0.05, 0) is 19.1 Å². The number of carbonyl (C=O) groups is 1. The number of benzene rings is 1. The van der Waals surface area contributed by atoms with Crippen molar-refractivity contribution in [2.75, 3.05) is 5.75 Å². The third-order valence-corrected chi connectivity index (χ3v) is 3.75. The zero-order valence-electron chi connectivity index (χ0n) is 9.97. The number of rotatable bonds is 4. The molecule has 0 unspecified atom stereocenters. The SMILES string of the molecule is C=CCSc1nc2ccccc2n1C(=O)[C@H](C)Br. The van der Waals surface area contributed by atoms with Crippen molar-refractivity contribution in [1.29, 1.82) is 0 Å². The number of aromatic nitrogens is 2. The number of fused-ring (bicyclic) bond motifs is 1. The maximum Gasteiger partial charge on any atom is 0.246 e. The molecule has 0 bridgehead atoms. The molecule has 0 spiro atoms. The molecule has 0 aliphatic heterocycles. The maximum absolute atomic E-state index is 12.2. The van der Waals surface area contributed by atoms with Crippen LogP contribution >= 0.6 is 27.7 Å². The molecule has 3 nitrogen and oxygen atoms in total. The average molecular weight is 325 g/mol. The van der Waals surface area contributed by atoms with Gasteiger partial charge in [-0.1, -0.05) is 45.9 Å². The van der Waals surface area contributed by atoms with Gasteiger partial charge in [0, 0.05) is 5.75 Å². The molecule has 1 aromatic heterocycles. The first-order chi connectivity index (χ1) is 8.65. The van der Waals surface area contributed by atoms with Gasteiger partial charge in [0.25, 0.3) is 0 Å². The van der Waals surface area contributed by atoms with Crippen molar-refractivity contribution in [2.24, 2.45) is 0 Å². The van der Waals surface area contributed by atoms with Crippen LogP contribution in [0, 0.1) is 0 Å². The van der Waals surface area contributed by atoms with Crippen molar-refractivity contribution < 1.29 is 4.79 Å². The lowest BCUT2D eigenvalue weighted by Gasteiger charge is -2.08. The molecule has 0 N–H and O–H groups in total. The number of para-hydroxylation sites is 2. The number of carbonyl (C=O) groups excluding carboxylic acids is 1. The van der Waals surface area contributed by atoms with Crippen LogP contribution in [0.25, 0.3) is 11.0 Å². The molecule has 1 atom stereocenters. The first-order valence-electron chi connectivity index (χ1n) is 5.54. The molecule has 1 heterocycles. The van der Waals surface area contributed by atoms with E-state index in [0.717, 1.165) is 16.8 Å². The molecule has 18 heavy (non-hydrogen) atoms. The highest BCUT2D eigenvalue weighted by molar-refractivity contribution is 9.10. The molecule has 5 heteroatoms. The third-order valence-electron chi connectivity index (χ3n) is 2.42. The molecule has 0 aliphatic rings. The van der Waals surface area contributed by atoms with Crippen LogP contribution in [0.4, 0.5) is 0 Å². The molecule has 1 aromatic carbocycles. The van der Waals surface area contributed by atoms with Crippen LogP contribution in [0.1, 0.15) is 11.7 Å². The van der Waals surface area contributed by atoms with E-state index < -0.39 is 0 Å². The van der Waals surface area contributed by atoms with Gasteiger partial charge in [-0.3, -0.25) is 9.36 Å². The fourth-order valence-electron chi connectivity index (χ4n) is 1.63. The van der Waals surface area contributed by atoms with Gasteiger partial charge in [0.1, 0.15) is 0 Å². The summed E-state index contributed by atoms with van der Waals surface area (Å²) in [5.41, 5.74) is 1.69. The lowest BCUT2D eigenvalue weighted by Crippen LogP contribution is -2.19. The molecule has 0 amide bonds. The Morgan fingerprint density at radius 2 is 2.33 bits per heavy atom. The van der Waals surface area contributed by atoms with Gasteiger partial charge in [-0.2, -0.15) is 0 Å². The topological polar surface area (TPSA) is 34.9 Å². The van der Waals surface area contributed by atoms with E-state index in [2.05, 4.69) is 27.5 Å². The second-order valence-electron chi connectivity index (χ2n) is 3.77. The predicted octanol–water partition coefficient (Wildman–Crippen LogP) is 3.74. The molecule has 2 aromatic rings. The summed E-state index contributed by atoms with van der Waals surface area (Å²) in [6, 6.07) is 7.65. The molecular weight excluding hydrogens is 312 g/mol. The van der Waals surface area contributed by atoms with E-state index in [1.165, 1.54) is 11.8 Å². The summed E-state index contributed by atoms with van der Waals surface area (Å²) in [5, 5.41) is 0.715. The van der Waals surface area contributed by atoms with Crippen molar-refractivity contribution in [3.63, 3.8) is 0 Å². The normalized spacial score (nSPS) is 12.6. The lowest BCUT2D eigenvalue weighted by molar-refractivity contribution is 0.0912. The second-order valence-corrected chi connectivity index (χ2v) is 6.13. The molecule has 0 radical (unpaired) electrons. The summed E-state index contributed by atoms with van der Waals surface area (Å²) >= 11 is 4.83. The number of thioether (sulfide) groups is 1. The number of hydrogen-bond acceptors (Lipinski definition) is 3. The van der Waals surface area contributed by atoms with Crippen molar-refractivity contribution in [1.82, 2.24) is 9.55 Å². The van der Waals surface area contributed by atoms with Crippen LogP contribution in [-0.2, 0) is 0 Å². The van der Waals surface area contributed by atoms with Gasteiger partial charge < -0.3 is 0 Å². The zero-order valence-corrected chi connectivity index (χ0v) is 12.4. The second kappa shape index (κ2) is 5.71. The fraction of sp³-hybridized carbons (Fsp3) is 0.231. The monoisotopic (exact) mass is 324 g/mol. The van der Waals surface area contributed by atoms with E-state index in [1.807, 2.05) is 31.2 Å². The van der Waals surface area contributed by atoms with Gasteiger partial charge >= 0.3 is 0 Å². The van der Waals surface area contributed by atoms with E-state index >= 15 is 0 Å². The standard InChI is InChI=1S/C13H13BrN2OS/c1-3-8-18-13-15-10-6-4-5-7-11(10)16(13)12(17)9(2)14/h3-7,9H,1,8H2,2H3/t9-/m0/s1. The lowest BCUT2D eigenvalue weighted by atomic mass is 10.3. The van der Waals surface area contributed by atoms with Crippen molar-refractivity contribution in [3.8, 4) is 0 Å². The van der Waals surface area contributed by atoms with Crippen molar-refractivity contribution >= 4 is 44.6 Å². The Bertz CT molecular complexity index is 592. The minimum atomic E-state index is -0.238. The van der Waals surface area contributed by atoms with E-state index in [1.54, 1.807) is 10.6 Å². The quantitative estimate of drug-likeness (QED) is 0.488. The van der Waals surface area contributed by atoms with Gasteiger partial charge in [0.05, 0.1) is 15.9 Å². The van der Waals surface area contributed by atoms with Gasteiger partial charge in [-0.15, -0.1) is 6.58 Å². The molecule has 0 fully saturated rings. The molecule has 94 valence electrons. The van der Waals surface area contributed by atoms with Crippen LogP contribution in [0.5, 0.6) is 0 Å². The summed E-state index contributed by atoms with van der Waals surface area (Å²) in [6.07, 6.45) is 1.80. The Labute approximate surface area is 118 Å². The van der Waals surface area contributed by atoms with Crippen LogP contribution < -0.4 is 0 Å². The van der Waals surface area contributed by atoms with E-state index in [0.29, 0.717) is 5.16 Å². The van der Waals surface area contributed by atoms with Gasteiger partial charge in [-0.25, -0.2) is 4.98 Å². The highest BCUT2D eigenvalue weighted by atomic mass is 79.9. The summed E-state index contributed by atoms with van der Waals surface area (Å²) < 4.78 is 1.67. The van der Waals surface area contributed by atoms with E-state index in [9.17, 15) is 4.79 Å². The van der Waals surface area contributed by atoms with Crippen molar-refractivity contribution in [3.05, 3.63) is 36.9 Å². The van der Waals surface area contributed by atoms with Crippen LogP contribution in [-0.4, -0.2) is 26.0 Å². The Hall–Kier alpha value is -1.07. The molecule has 0 saturated carbocycles. The number of hydrogen-bond donors (Lipinski definition) is 0. The van der Waals surface area contributed by atoms with Crippen LogP contribution in [0.3, 0.4) is 0 Å². The first kappa shape index (κ1) is 13.4. The van der Waals surface area contributed by atoms with Gasteiger partial charge in [0.2, 0.25) is 5.91 Å². The Morgan fingerprint density at radius 3 is 3.00 bits per heavy atom. The van der Waals surface area contributed by atoms with Crippen LogP contribution in [0.2, 0.25) is 0 Å². The minimum absolute atomic E-state index is 0.00439. The van der Waals surface area contributed by atoms with E-state index in [-0.39, 0.29) is 10.7 Å². The fourth-order valence-corrected chi connectivity index (χ4v) is 2.58. The first-order valence-corrected chi connectivity index (χ1v) is 7.44. The third kappa shape index (κ3) is 2.52. The summed E-state index contributed by atoms with van der Waals surface area (Å²) in [5.74, 6) is 0.725. The Morgan fingerprint density at radius 1 is 1.61 bits per heavy atom. The molecule has 0 saturated heterocycles. The average Bonchev–Trinajstić information content (AvgIpc) is 2.73.